The number of likely N-dealkylation sites (N-methyl/N-ethyl adjacent to an activating group) is 1. The molecule has 1 aliphatic rings. The third kappa shape index (κ3) is 3.73. The van der Waals surface area contributed by atoms with E-state index in [1.165, 1.54) is 11.3 Å². The molecule has 1 aromatic carbocycles. The van der Waals surface area contributed by atoms with Gasteiger partial charge in [0, 0.05) is 30.9 Å². The molecular weight excluding hydrogens is 250 g/mol. The number of hydrogen-bond donors (Lipinski definition) is 2. The summed E-state index contributed by atoms with van der Waals surface area (Å²) in [6.45, 7) is 9.07. The number of benzene rings is 1. The van der Waals surface area contributed by atoms with Crippen molar-refractivity contribution in [3.63, 3.8) is 0 Å². The monoisotopic (exact) mass is 275 g/mol. The highest BCUT2D eigenvalue weighted by molar-refractivity contribution is 5.95. The van der Waals surface area contributed by atoms with E-state index in [1.807, 2.05) is 18.2 Å². The Bertz CT molecular complexity index is 459. The number of hydrogen-bond acceptors (Lipinski definition) is 3. The molecule has 0 spiro atoms. The van der Waals surface area contributed by atoms with E-state index in [1.54, 1.807) is 0 Å². The van der Waals surface area contributed by atoms with Crippen molar-refractivity contribution in [1.29, 1.82) is 0 Å². The Labute approximate surface area is 121 Å². The zero-order valence-electron chi connectivity index (χ0n) is 12.5. The summed E-state index contributed by atoms with van der Waals surface area (Å²) >= 11 is 0. The number of amides is 1. The average molecular weight is 275 g/mol. The highest BCUT2D eigenvalue weighted by atomic mass is 16.1. The SMILES string of the molecule is CCCN(CC)CCNC(=O)c1ccc2c(c1)CCN2. The first-order chi connectivity index (χ1) is 9.74. The molecule has 0 saturated carbocycles. The molecule has 0 unspecified atom stereocenters. The van der Waals surface area contributed by atoms with Gasteiger partial charge in [0.15, 0.2) is 0 Å². The second-order valence-corrected chi connectivity index (χ2v) is 5.24. The standard InChI is InChI=1S/C16H25N3O/c1-3-10-19(4-2)11-9-18-16(20)14-5-6-15-13(12-14)7-8-17-15/h5-6,12,17H,3-4,7-11H2,1-2H3,(H,18,20). The fraction of sp³-hybridized carbons (Fsp3) is 0.562. The highest BCUT2D eigenvalue weighted by Crippen LogP contribution is 2.22. The second-order valence-electron chi connectivity index (χ2n) is 5.24. The van der Waals surface area contributed by atoms with Gasteiger partial charge in [-0.05, 0) is 49.7 Å². The van der Waals surface area contributed by atoms with Gasteiger partial charge in [-0.1, -0.05) is 13.8 Å². The van der Waals surface area contributed by atoms with Gasteiger partial charge in [-0.2, -0.15) is 0 Å². The molecule has 1 amide bonds. The number of nitrogens with zero attached hydrogens (tertiary/aromatic N) is 1. The maximum atomic E-state index is 12.1. The van der Waals surface area contributed by atoms with Crippen LogP contribution in [0.2, 0.25) is 0 Å². The Hall–Kier alpha value is -1.55. The molecule has 1 aromatic rings. The molecule has 0 saturated heterocycles. The van der Waals surface area contributed by atoms with Crippen LogP contribution in [0.15, 0.2) is 18.2 Å². The molecule has 0 aliphatic carbocycles. The van der Waals surface area contributed by atoms with E-state index in [2.05, 4.69) is 29.4 Å². The van der Waals surface area contributed by atoms with E-state index in [0.29, 0.717) is 6.54 Å². The van der Waals surface area contributed by atoms with Crippen LogP contribution in [-0.4, -0.2) is 43.5 Å². The van der Waals surface area contributed by atoms with Crippen LogP contribution in [-0.2, 0) is 6.42 Å². The smallest absolute Gasteiger partial charge is 0.251 e. The summed E-state index contributed by atoms with van der Waals surface area (Å²) in [7, 11) is 0. The topological polar surface area (TPSA) is 44.4 Å². The summed E-state index contributed by atoms with van der Waals surface area (Å²) in [5.41, 5.74) is 3.19. The van der Waals surface area contributed by atoms with Crippen LogP contribution in [0.3, 0.4) is 0 Å². The Morgan fingerprint density at radius 1 is 1.35 bits per heavy atom. The second kappa shape index (κ2) is 7.29. The minimum atomic E-state index is 0.0345. The predicted octanol–water partition coefficient (Wildman–Crippen LogP) is 2.12. The van der Waals surface area contributed by atoms with Crippen molar-refractivity contribution in [2.24, 2.45) is 0 Å². The van der Waals surface area contributed by atoms with Crippen molar-refractivity contribution >= 4 is 11.6 Å². The van der Waals surface area contributed by atoms with E-state index < -0.39 is 0 Å². The maximum Gasteiger partial charge on any atom is 0.251 e. The minimum Gasteiger partial charge on any atom is -0.384 e. The zero-order chi connectivity index (χ0) is 14.4. The van der Waals surface area contributed by atoms with Gasteiger partial charge in [-0.25, -0.2) is 0 Å². The number of carbonyl (C=O) groups is 1. The lowest BCUT2D eigenvalue weighted by molar-refractivity contribution is 0.0948. The average Bonchev–Trinajstić information content (AvgIpc) is 2.93. The zero-order valence-corrected chi connectivity index (χ0v) is 12.5. The lowest BCUT2D eigenvalue weighted by atomic mass is 10.1. The molecular formula is C16H25N3O. The van der Waals surface area contributed by atoms with Gasteiger partial charge in [0.2, 0.25) is 0 Å². The summed E-state index contributed by atoms with van der Waals surface area (Å²) in [5.74, 6) is 0.0345. The van der Waals surface area contributed by atoms with E-state index in [4.69, 9.17) is 0 Å². The highest BCUT2D eigenvalue weighted by Gasteiger charge is 2.13. The minimum absolute atomic E-state index is 0.0345. The molecule has 20 heavy (non-hydrogen) atoms. The first kappa shape index (κ1) is 14.9. The van der Waals surface area contributed by atoms with Crippen LogP contribution in [0.4, 0.5) is 5.69 Å². The largest absolute Gasteiger partial charge is 0.384 e. The Kier molecular flexibility index (Phi) is 5.41. The summed E-state index contributed by atoms with van der Waals surface area (Å²) in [5, 5.41) is 6.32. The number of anilines is 1. The maximum absolute atomic E-state index is 12.1. The van der Waals surface area contributed by atoms with Gasteiger partial charge in [0.25, 0.3) is 5.91 Å². The van der Waals surface area contributed by atoms with E-state index in [0.717, 1.165) is 44.6 Å². The molecule has 2 N–H and O–H groups in total. The number of rotatable bonds is 7. The Morgan fingerprint density at radius 2 is 2.20 bits per heavy atom. The number of nitrogens with one attached hydrogen (secondary N) is 2. The molecule has 0 atom stereocenters. The first-order valence-corrected chi connectivity index (χ1v) is 7.62. The molecule has 1 heterocycles. The van der Waals surface area contributed by atoms with E-state index in [9.17, 15) is 4.79 Å². The molecule has 4 heteroatoms. The number of fused-ring (bicyclic) bond motifs is 1. The normalized spacial score (nSPS) is 13.2. The predicted molar refractivity (Wildman–Crippen MR) is 83.4 cm³/mol. The molecule has 1 aliphatic heterocycles. The lowest BCUT2D eigenvalue weighted by Gasteiger charge is -2.19. The van der Waals surface area contributed by atoms with Gasteiger partial charge >= 0.3 is 0 Å². The van der Waals surface area contributed by atoms with Gasteiger partial charge in [-0.3, -0.25) is 4.79 Å². The van der Waals surface area contributed by atoms with Crippen molar-refractivity contribution in [3.8, 4) is 0 Å². The summed E-state index contributed by atoms with van der Waals surface area (Å²) in [6, 6.07) is 5.91. The molecule has 0 aromatic heterocycles. The van der Waals surface area contributed by atoms with Crippen molar-refractivity contribution < 1.29 is 4.79 Å². The van der Waals surface area contributed by atoms with Crippen LogP contribution >= 0.6 is 0 Å². The van der Waals surface area contributed by atoms with Crippen LogP contribution in [0.5, 0.6) is 0 Å². The van der Waals surface area contributed by atoms with Crippen LogP contribution < -0.4 is 10.6 Å². The fourth-order valence-electron chi connectivity index (χ4n) is 2.62. The summed E-state index contributed by atoms with van der Waals surface area (Å²) in [4.78, 5) is 14.5. The molecule has 4 nitrogen and oxygen atoms in total. The van der Waals surface area contributed by atoms with Crippen LogP contribution in [0.25, 0.3) is 0 Å². The third-order valence-electron chi connectivity index (χ3n) is 3.78. The van der Waals surface area contributed by atoms with Crippen LogP contribution in [0.1, 0.15) is 36.2 Å². The summed E-state index contributed by atoms with van der Waals surface area (Å²) < 4.78 is 0. The van der Waals surface area contributed by atoms with E-state index >= 15 is 0 Å². The van der Waals surface area contributed by atoms with Crippen molar-refractivity contribution in [3.05, 3.63) is 29.3 Å². The lowest BCUT2D eigenvalue weighted by Crippen LogP contribution is -2.35. The molecule has 110 valence electrons. The summed E-state index contributed by atoms with van der Waals surface area (Å²) in [6.07, 6.45) is 2.16. The van der Waals surface area contributed by atoms with Gasteiger partial charge in [-0.15, -0.1) is 0 Å². The Morgan fingerprint density at radius 3 is 2.95 bits per heavy atom. The quantitative estimate of drug-likeness (QED) is 0.801. The molecule has 0 bridgehead atoms. The van der Waals surface area contributed by atoms with Crippen molar-refractivity contribution in [2.75, 3.05) is 38.0 Å². The van der Waals surface area contributed by atoms with Crippen molar-refractivity contribution in [2.45, 2.75) is 26.7 Å². The molecule has 0 radical (unpaired) electrons. The van der Waals surface area contributed by atoms with Gasteiger partial charge < -0.3 is 15.5 Å². The van der Waals surface area contributed by atoms with E-state index in [-0.39, 0.29) is 5.91 Å². The van der Waals surface area contributed by atoms with Crippen molar-refractivity contribution in [1.82, 2.24) is 10.2 Å². The molecule has 2 rings (SSSR count). The van der Waals surface area contributed by atoms with Crippen LogP contribution in [0, 0.1) is 0 Å². The third-order valence-corrected chi connectivity index (χ3v) is 3.78. The molecule has 0 fully saturated rings. The first-order valence-electron chi connectivity index (χ1n) is 7.62. The van der Waals surface area contributed by atoms with Gasteiger partial charge in [0.1, 0.15) is 0 Å². The van der Waals surface area contributed by atoms with Gasteiger partial charge in [0.05, 0.1) is 0 Å². The Balaban J connectivity index is 1.83. The number of carbonyl (C=O) groups excluding carboxylic acids is 1. The fourth-order valence-corrected chi connectivity index (χ4v) is 2.62.